The number of rotatable bonds is 0. The summed E-state index contributed by atoms with van der Waals surface area (Å²) in [5.74, 6) is 3.13. The monoisotopic (exact) mass is 308 g/mol. The molecule has 6 heteroatoms. The van der Waals surface area contributed by atoms with Gasteiger partial charge in [-0.2, -0.15) is 0 Å². The highest BCUT2D eigenvalue weighted by Crippen LogP contribution is 2.34. The van der Waals surface area contributed by atoms with Crippen LogP contribution >= 0.6 is 0 Å². The van der Waals surface area contributed by atoms with E-state index in [9.17, 15) is 4.79 Å². The lowest BCUT2D eigenvalue weighted by molar-refractivity contribution is -0.122. The quantitative estimate of drug-likeness (QED) is 0.510. The van der Waals surface area contributed by atoms with Gasteiger partial charge < -0.3 is 9.57 Å². The lowest BCUT2D eigenvalue weighted by Crippen LogP contribution is -2.64. The second-order valence-corrected chi connectivity index (χ2v) is 12.6. The maximum absolute atomic E-state index is 11.9. The van der Waals surface area contributed by atoms with Crippen LogP contribution in [0.25, 0.3) is 0 Å². The van der Waals surface area contributed by atoms with Gasteiger partial charge in [-0.15, -0.1) is 5.54 Å². The molecule has 0 saturated carbocycles. The Kier molecular flexibility index (Phi) is 3.83. The van der Waals surface area contributed by atoms with Gasteiger partial charge in [-0.05, 0) is 20.8 Å². The molecule has 0 aromatic rings. The molecule has 116 valence electrons. The number of amides is 1. The second kappa shape index (κ2) is 5.06. The third-order valence-electron chi connectivity index (χ3n) is 3.03. The van der Waals surface area contributed by atoms with Crippen LogP contribution in [0.2, 0.25) is 19.6 Å². The van der Waals surface area contributed by atoms with Gasteiger partial charge in [0, 0.05) is 6.42 Å². The van der Waals surface area contributed by atoms with Gasteiger partial charge in [-0.1, -0.05) is 30.7 Å². The van der Waals surface area contributed by atoms with E-state index in [2.05, 4.69) is 36.3 Å². The van der Waals surface area contributed by atoms with Crippen molar-refractivity contribution in [1.29, 1.82) is 0 Å². The van der Waals surface area contributed by atoms with Gasteiger partial charge in [0.2, 0.25) is 0 Å². The fourth-order valence-corrected chi connectivity index (χ4v) is 2.64. The SMILES string of the molecule is CC(C)(C)OC(=O)N1CC2(CC(C#C[Si](C)(C)C)=NO2)C1. The zero-order valence-corrected chi connectivity index (χ0v) is 14.7. The first kappa shape index (κ1) is 15.9. The zero-order valence-electron chi connectivity index (χ0n) is 13.7. The molecular weight excluding hydrogens is 284 g/mol. The molecule has 0 N–H and O–H groups in total. The smallest absolute Gasteiger partial charge is 0.410 e. The van der Waals surface area contributed by atoms with Gasteiger partial charge in [0.15, 0.2) is 5.60 Å². The summed E-state index contributed by atoms with van der Waals surface area (Å²) in [5, 5.41) is 4.07. The molecule has 1 fully saturated rings. The molecule has 5 nitrogen and oxygen atoms in total. The molecule has 2 rings (SSSR count). The lowest BCUT2D eigenvalue weighted by atomic mass is 9.89. The Hall–Kier alpha value is -1.48. The first-order valence-corrected chi connectivity index (χ1v) is 10.7. The van der Waals surface area contributed by atoms with Crippen molar-refractivity contribution in [2.45, 2.75) is 58.0 Å². The van der Waals surface area contributed by atoms with Crippen LogP contribution in [-0.4, -0.2) is 49.1 Å². The van der Waals surface area contributed by atoms with E-state index in [1.54, 1.807) is 4.90 Å². The second-order valence-electron chi connectivity index (χ2n) is 7.83. The number of ether oxygens (including phenoxy) is 1. The number of likely N-dealkylation sites (tertiary alicyclic amines) is 1. The van der Waals surface area contributed by atoms with Crippen LogP contribution in [0.1, 0.15) is 27.2 Å². The highest BCUT2D eigenvalue weighted by atomic mass is 28.3. The zero-order chi connectivity index (χ0) is 15.9. The molecule has 0 aromatic heterocycles. The number of hydrogen-bond acceptors (Lipinski definition) is 4. The molecule has 2 heterocycles. The van der Waals surface area contributed by atoms with Crippen LogP contribution in [0.15, 0.2) is 5.16 Å². The van der Waals surface area contributed by atoms with Crippen LogP contribution < -0.4 is 0 Å². The van der Waals surface area contributed by atoms with E-state index < -0.39 is 13.7 Å². The average Bonchev–Trinajstić information content (AvgIpc) is 2.65. The molecule has 1 saturated heterocycles. The van der Waals surface area contributed by atoms with Crippen LogP contribution in [0.4, 0.5) is 4.79 Å². The Morgan fingerprint density at radius 2 is 2.00 bits per heavy atom. The van der Waals surface area contributed by atoms with E-state index in [1.807, 2.05) is 20.8 Å². The maximum Gasteiger partial charge on any atom is 0.410 e. The summed E-state index contributed by atoms with van der Waals surface area (Å²) in [4.78, 5) is 19.1. The maximum atomic E-state index is 11.9. The molecule has 0 aliphatic carbocycles. The fraction of sp³-hybridized carbons (Fsp3) is 0.733. The minimum Gasteiger partial charge on any atom is -0.444 e. The molecule has 2 aliphatic rings. The predicted octanol–water partition coefficient (Wildman–Crippen LogP) is 2.63. The van der Waals surface area contributed by atoms with Gasteiger partial charge in [0.25, 0.3) is 0 Å². The van der Waals surface area contributed by atoms with Crippen LogP contribution in [-0.2, 0) is 9.57 Å². The molecule has 21 heavy (non-hydrogen) atoms. The summed E-state index contributed by atoms with van der Waals surface area (Å²) < 4.78 is 5.34. The third-order valence-corrected chi connectivity index (χ3v) is 3.91. The van der Waals surface area contributed by atoms with Crippen molar-refractivity contribution in [2.24, 2.45) is 5.16 Å². The molecule has 0 unspecified atom stereocenters. The van der Waals surface area contributed by atoms with E-state index in [-0.39, 0.29) is 11.7 Å². The van der Waals surface area contributed by atoms with E-state index in [1.165, 1.54) is 0 Å². The summed E-state index contributed by atoms with van der Waals surface area (Å²) in [6.45, 7) is 13.2. The summed E-state index contributed by atoms with van der Waals surface area (Å²) in [6, 6.07) is 0. The highest BCUT2D eigenvalue weighted by Gasteiger charge is 2.52. The third kappa shape index (κ3) is 4.24. The molecular formula is C15H24N2O3Si. The minimum absolute atomic E-state index is 0.293. The highest BCUT2D eigenvalue weighted by molar-refractivity contribution is 6.84. The Morgan fingerprint density at radius 1 is 1.38 bits per heavy atom. The number of carbonyl (C=O) groups excluding carboxylic acids is 1. The van der Waals surface area contributed by atoms with Gasteiger partial charge >= 0.3 is 6.09 Å². The van der Waals surface area contributed by atoms with E-state index in [0.29, 0.717) is 19.5 Å². The van der Waals surface area contributed by atoms with Crippen LogP contribution in [0.5, 0.6) is 0 Å². The van der Waals surface area contributed by atoms with Gasteiger partial charge in [-0.3, -0.25) is 4.90 Å². The fourth-order valence-electron chi connectivity index (χ4n) is 2.12. The van der Waals surface area contributed by atoms with Gasteiger partial charge in [0.05, 0.1) is 13.1 Å². The molecule has 0 atom stereocenters. The predicted molar refractivity (Wildman–Crippen MR) is 84.8 cm³/mol. The van der Waals surface area contributed by atoms with Crippen LogP contribution in [0.3, 0.4) is 0 Å². The van der Waals surface area contributed by atoms with Crippen molar-refractivity contribution >= 4 is 19.9 Å². The van der Waals surface area contributed by atoms with E-state index >= 15 is 0 Å². The van der Waals surface area contributed by atoms with Crippen molar-refractivity contribution in [3.63, 3.8) is 0 Å². The van der Waals surface area contributed by atoms with E-state index in [4.69, 9.17) is 9.57 Å². The minimum atomic E-state index is -1.40. The average molecular weight is 308 g/mol. The van der Waals surface area contributed by atoms with Crippen molar-refractivity contribution in [1.82, 2.24) is 4.90 Å². The summed E-state index contributed by atoms with van der Waals surface area (Å²) in [5.41, 5.74) is 3.23. The van der Waals surface area contributed by atoms with Crippen LogP contribution in [0, 0.1) is 11.5 Å². The Labute approximate surface area is 127 Å². The topological polar surface area (TPSA) is 51.1 Å². The summed E-state index contributed by atoms with van der Waals surface area (Å²) in [6.07, 6.45) is 0.391. The molecule has 1 spiro atoms. The molecule has 0 bridgehead atoms. The number of oxime groups is 1. The summed E-state index contributed by atoms with van der Waals surface area (Å²) >= 11 is 0. The molecule has 0 radical (unpaired) electrons. The van der Waals surface area contributed by atoms with Gasteiger partial charge in [0.1, 0.15) is 19.4 Å². The van der Waals surface area contributed by atoms with Crippen molar-refractivity contribution in [3.8, 4) is 11.5 Å². The Balaban J connectivity index is 1.85. The number of hydrogen-bond donors (Lipinski definition) is 0. The summed E-state index contributed by atoms with van der Waals surface area (Å²) in [7, 11) is -1.40. The first-order chi connectivity index (χ1) is 9.48. The van der Waals surface area contributed by atoms with Gasteiger partial charge in [-0.25, -0.2) is 4.79 Å². The Morgan fingerprint density at radius 3 is 2.52 bits per heavy atom. The molecule has 0 aromatic carbocycles. The standard InChI is InChI=1S/C15H24N2O3Si/c1-14(2,3)19-13(18)17-10-15(11-17)9-12(16-20-15)7-8-21(4,5)6/h9-11H2,1-6H3. The Bertz CT molecular complexity index is 526. The van der Waals surface area contributed by atoms with Crippen molar-refractivity contribution < 1.29 is 14.4 Å². The lowest BCUT2D eigenvalue weighted by Gasteiger charge is -2.45. The van der Waals surface area contributed by atoms with E-state index in [0.717, 1.165) is 5.71 Å². The molecule has 1 amide bonds. The molecule has 2 aliphatic heterocycles. The van der Waals surface area contributed by atoms with Crippen molar-refractivity contribution in [2.75, 3.05) is 13.1 Å². The number of nitrogens with zero attached hydrogens (tertiary/aromatic N) is 2. The normalized spacial score (nSPS) is 20.1. The number of carbonyl (C=O) groups is 1. The van der Waals surface area contributed by atoms with Crippen molar-refractivity contribution in [3.05, 3.63) is 0 Å². The largest absolute Gasteiger partial charge is 0.444 e. The first-order valence-electron chi connectivity index (χ1n) is 7.24.